The van der Waals surface area contributed by atoms with Gasteiger partial charge < -0.3 is 10.6 Å². The summed E-state index contributed by atoms with van der Waals surface area (Å²) in [6.45, 7) is 3.06. The van der Waals surface area contributed by atoms with Gasteiger partial charge in [-0.05, 0) is 38.0 Å². The molecule has 0 aliphatic heterocycles. The number of benzene rings is 1. The molecule has 164 valence electrons. The Balaban J connectivity index is 1.61. The van der Waals surface area contributed by atoms with Gasteiger partial charge in [-0.25, -0.2) is 22.5 Å². The Morgan fingerprint density at radius 1 is 0.903 bits per heavy atom. The number of rotatable bonds is 7. The summed E-state index contributed by atoms with van der Waals surface area (Å²) in [4.78, 5) is 8.56. The Morgan fingerprint density at radius 3 is 2.13 bits per heavy atom. The highest BCUT2D eigenvalue weighted by atomic mass is 19.3. The third-order valence-corrected chi connectivity index (χ3v) is 4.91. The van der Waals surface area contributed by atoms with Gasteiger partial charge in [-0.15, -0.1) is 0 Å². The fourth-order valence-corrected chi connectivity index (χ4v) is 3.15. The summed E-state index contributed by atoms with van der Waals surface area (Å²) in [6.07, 6.45) is 2.25. The van der Waals surface area contributed by atoms with Crippen molar-refractivity contribution < 1.29 is 17.6 Å². The summed E-state index contributed by atoms with van der Waals surface area (Å²) in [6, 6.07) is 6.65. The lowest BCUT2D eigenvalue weighted by Crippen LogP contribution is -2.13. The summed E-state index contributed by atoms with van der Waals surface area (Å²) >= 11 is 0. The molecule has 2 heterocycles. The smallest absolute Gasteiger partial charge is 0.270 e. The van der Waals surface area contributed by atoms with Gasteiger partial charge in [-0.1, -0.05) is 0 Å². The number of nitrogens with zero attached hydrogens (tertiary/aromatic N) is 3. The lowest BCUT2D eigenvalue weighted by molar-refractivity contribution is 0.0107. The second-order valence-electron chi connectivity index (χ2n) is 8.02. The van der Waals surface area contributed by atoms with Crippen molar-refractivity contribution in [2.45, 2.75) is 51.4 Å². The third-order valence-electron chi connectivity index (χ3n) is 4.91. The first-order valence-corrected chi connectivity index (χ1v) is 9.84. The minimum atomic E-state index is -3.28. The van der Waals surface area contributed by atoms with Crippen LogP contribution in [-0.4, -0.2) is 20.2 Å². The number of halogens is 4. The molecule has 0 spiro atoms. The zero-order valence-corrected chi connectivity index (χ0v) is 17.2. The summed E-state index contributed by atoms with van der Waals surface area (Å²) < 4.78 is 55.4. The van der Waals surface area contributed by atoms with Gasteiger partial charge in [-0.3, -0.25) is 5.10 Å². The second kappa shape index (κ2) is 7.51. The van der Waals surface area contributed by atoms with Gasteiger partial charge in [0.2, 0.25) is 5.95 Å². The van der Waals surface area contributed by atoms with Crippen LogP contribution >= 0.6 is 0 Å². The van der Waals surface area contributed by atoms with E-state index in [1.807, 2.05) is 6.07 Å². The molecule has 3 N–H and O–H groups in total. The van der Waals surface area contributed by atoms with Crippen LogP contribution in [0.5, 0.6) is 0 Å². The molecule has 1 aromatic carbocycles. The minimum Gasteiger partial charge on any atom is -0.325 e. The van der Waals surface area contributed by atoms with E-state index in [9.17, 15) is 17.6 Å². The standard InChI is InChI=1S/C21H22F4N6/c1-11-6-17(28-18-10-16(30-31-18)12-4-5-12)29-19(26-11)27-15-8-13(20(2,22)23)7-14(9-15)21(3,24)25/h6-10,12H,4-5H2,1-3H3,(H3,26,27,28,29,30,31). The zero-order chi connectivity index (χ0) is 22.4. The molecule has 0 saturated heterocycles. The summed E-state index contributed by atoms with van der Waals surface area (Å²) in [5.41, 5.74) is 0.580. The number of nitrogens with one attached hydrogen (secondary N) is 3. The molecule has 0 unspecified atom stereocenters. The summed E-state index contributed by atoms with van der Waals surface area (Å²) in [5, 5.41) is 13.0. The molecule has 1 saturated carbocycles. The number of aryl methyl sites for hydroxylation is 1. The molecule has 31 heavy (non-hydrogen) atoms. The SMILES string of the molecule is Cc1cc(Nc2cc(C3CC3)n[nH]2)nc(Nc2cc(C(C)(F)F)cc(C(C)(F)F)c2)n1. The van der Waals surface area contributed by atoms with Crippen molar-refractivity contribution in [3.63, 3.8) is 0 Å². The first-order chi connectivity index (χ1) is 14.5. The number of alkyl halides is 4. The fraction of sp³-hybridized carbons (Fsp3) is 0.381. The van der Waals surface area contributed by atoms with Gasteiger partial charge in [0.15, 0.2) is 0 Å². The molecule has 0 amide bonds. The maximum atomic E-state index is 13.9. The minimum absolute atomic E-state index is 0.0460. The van der Waals surface area contributed by atoms with Crippen LogP contribution in [0, 0.1) is 6.92 Å². The Labute approximate surface area is 176 Å². The van der Waals surface area contributed by atoms with Gasteiger partial charge in [-0.2, -0.15) is 10.1 Å². The van der Waals surface area contributed by atoms with Crippen molar-refractivity contribution in [3.05, 3.63) is 52.8 Å². The van der Waals surface area contributed by atoms with Crippen molar-refractivity contribution in [1.29, 1.82) is 0 Å². The largest absolute Gasteiger partial charge is 0.325 e. The molecule has 6 nitrogen and oxygen atoms in total. The number of hydrogen-bond donors (Lipinski definition) is 3. The molecule has 1 aliphatic rings. The average molecular weight is 434 g/mol. The predicted molar refractivity (Wildman–Crippen MR) is 109 cm³/mol. The number of H-pyrrole nitrogens is 1. The molecule has 2 aromatic heterocycles. The van der Waals surface area contributed by atoms with Crippen molar-refractivity contribution in [3.8, 4) is 0 Å². The Kier molecular flexibility index (Phi) is 5.10. The molecule has 0 radical (unpaired) electrons. The second-order valence-corrected chi connectivity index (χ2v) is 8.02. The molecule has 0 bridgehead atoms. The van der Waals surface area contributed by atoms with E-state index in [4.69, 9.17) is 0 Å². The highest BCUT2D eigenvalue weighted by Crippen LogP contribution is 2.40. The first-order valence-electron chi connectivity index (χ1n) is 9.84. The van der Waals surface area contributed by atoms with E-state index in [-0.39, 0.29) is 11.6 Å². The molecular formula is C21H22F4N6. The summed E-state index contributed by atoms with van der Waals surface area (Å²) in [5.74, 6) is -4.88. The van der Waals surface area contributed by atoms with E-state index in [0.717, 1.165) is 36.7 Å². The van der Waals surface area contributed by atoms with Crippen LogP contribution in [0.2, 0.25) is 0 Å². The fourth-order valence-electron chi connectivity index (χ4n) is 3.15. The number of hydrogen-bond acceptors (Lipinski definition) is 5. The maximum absolute atomic E-state index is 13.9. The van der Waals surface area contributed by atoms with Gasteiger partial charge in [0.25, 0.3) is 11.8 Å². The molecule has 1 fully saturated rings. The normalized spacial score (nSPS) is 14.5. The van der Waals surface area contributed by atoms with Crippen LogP contribution < -0.4 is 10.6 Å². The zero-order valence-electron chi connectivity index (χ0n) is 17.2. The van der Waals surface area contributed by atoms with Gasteiger partial charge in [0.05, 0.1) is 5.69 Å². The molecule has 4 rings (SSSR count). The van der Waals surface area contributed by atoms with E-state index in [1.165, 1.54) is 0 Å². The van der Waals surface area contributed by atoms with Gasteiger partial charge in [0.1, 0.15) is 11.6 Å². The van der Waals surface area contributed by atoms with E-state index in [0.29, 0.717) is 37.1 Å². The van der Waals surface area contributed by atoms with Crippen molar-refractivity contribution in [1.82, 2.24) is 20.2 Å². The highest BCUT2D eigenvalue weighted by molar-refractivity contribution is 5.60. The predicted octanol–water partition coefficient (Wildman–Crippen LogP) is 6.10. The van der Waals surface area contributed by atoms with Gasteiger partial charge in [0, 0.05) is 54.4 Å². The van der Waals surface area contributed by atoms with E-state index in [1.54, 1.807) is 13.0 Å². The van der Waals surface area contributed by atoms with E-state index in [2.05, 4.69) is 30.8 Å². The molecule has 1 aliphatic carbocycles. The quantitative estimate of drug-likeness (QED) is 0.392. The lowest BCUT2D eigenvalue weighted by atomic mass is 10.0. The average Bonchev–Trinajstić information content (AvgIpc) is 3.39. The number of aromatic nitrogens is 4. The Morgan fingerprint density at radius 2 is 1.55 bits per heavy atom. The summed E-state index contributed by atoms with van der Waals surface area (Å²) in [7, 11) is 0. The third kappa shape index (κ3) is 5.12. The topological polar surface area (TPSA) is 78.5 Å². The number of anilines is 4. The molecule has 3 aromatic rings. The van der Waals surface area contributed by atoms with E-state index >= 15 is 0 Å². The molecule has 10 heteroatoms. The highest BCUT2D eigenvalue weighted by Gasteiger charge is 2.31. The van der Waals surface area contributed by atoms with Crippen LogP contribution in [-0.2, 0) is 11.8 Å². The molecule has 0 atom stereocenters. The Bertz CT molecular complexity index is 1060. The van der Waals surface area contributed by atoms with Crippen molar-refractivity contribution in [2.75, 3.05) is 10.6 Å². The van der Waals surface area contributed by atoms with E-state index < -0.39 is 23.0 Å². The monoisotopic (exact) mass is 434 g/mol. The lowest BCUT2D eigenvalue weighted by Gasteiger charge is -2.18. The van der Waals surface area contributed by atoms with Crippen LogP contribution in [0.1, 0.15) is 55.1 Å². The van der Waals surface area contributed by atoms with Crippen LogP contribution in [0.3, 0.4) is 0 Å². The maximum Gasteiger partial charge on any atom is 0.270 e. The number of aromatic amines is 1. The van der Waals surface area contributed by atoms with Crippen molar-refractivity contribution >= 4 is 23.3 Å². The van der Waals surface area contributed by atoms with Crippen LogP contribution in [0.15, 0.2) is 30.3 Å². The molecular weight excluding hydrogens is 412 g/mol. The van der Waals surface area contributed by atoms with Gasteiger partial charge >= 0.3 is 0 Å². The first kappa shape index (κ1) is 21.1. The van der Waals surface area contributed by atoms with Crippen molar-refractivity contribution in [2.24, 2.45) is 0 Å². The van der Waals surface area contributed by atoms with Crippen LogP contribution in [0.4, 0.5) is 40.8 Å². The van der Waals surface area contributed by atoms with Crippen LogP contribution in [0.25, 0.3) is 0 Å². The Hall–Kier alpha value is -3.17.